The summed E-state index contributed by atoms with van der Waals surface area (Å²) >= 11 is 0. The number of aromatic nitrogens is 4. The van der Waals surface area contributed by atoms with E-state index in [0.29, 0.717) is 16.7 Å². The Bertz CT molecular complexity index is 994. The SMILES string of the molecule is CC(C)c1nc2cc3c(=O)[nH][nH]c(=O)c3cc2[nH]c1=O. The zero-order valence-electron chi connectivity index (χ0n) is 10.9. The predicted molar refractivity (Wildman–Crippen MR) is 75.2 cm³/mol. The van der Waals surface area contributed by atoms with Gasteiger partial charge in [0.15, 0.2) is 0 Å². The Kier molecular flexibility index (Phi) is 2.56. The molecule has 0 radical (unpaired) electrons. The van der Waals surface area contributed by atoms with E-state index in [2.05, 4.69) is 20.2 Å². The zero-order valence-corrected chi connectivity index (χ0v) is 10.9. The lowest BCUT2D eigenvalue weighted by Gasteiger charge is -2.05. The van der Waals surface area contributed by atoms with E-state index in [1.807, 2.05) is 13.8 Å². The summed E-state index contributed by atoms with van der Waals surface area (Å²) < 4.78 is 0. The lowest BCUT2D eigenvalue weighted by Crippen LogP contribution is -2.20. The van der Waals surface area contributed by atoms with E-state index in [-0.39, 0.29) is 22.2 Å². The molecule has 7 heteroatoms. The summed E-state index contributed by atoms with van der Waals surface area (Å²) in [7, 11) is 0. The predicted octanol–water partition coefficient (Wildman–Crippen LogP) is 0.576. The van der Waals surface area contributed by atoms with Gasteiger partial charge in [-0.2, -0.15) is 0 Å². The van der Waals surface area contributed by atoms with Gasteiger partial charge < -0.3 is 4.98 Å². The Labute approximate surface area is 111 Å². The molecule has 0 bridgehead atoms. The molecule has 3 rings (SSSR count). The van der Waals surface area contributed by atoms with E-state index >= 15 is 0 Å². The number of hydrogen-bond donors (Lipinski definition) is 3. The van der Waals surface area contributed by atoms with Crippen molar-refractivity contribution in [1.82, 2.24) is 20.2 Å². The van der Waals surface area contributed by atoms with Crippen LogP contribution in [0, 0.1) is 0 Å². The molecule has 1 aromatic carbocycles. The monoisotopic (exact) mass is 272 g/mol. The van der Waals surface area contributed by atoms with E-state index in [1.54, 1.807) is 0 Å². The largest absolute Gasteiger partial charge is 0.319 e. The fraction of sp³-hybridized carbons (Fsp3) is 0.231. The second-order valence-electron chi connectivity index (χ2n) is 4.93. The molecule has 0 spiro atoms. The minimum atomic E-state index is -0.421. The van der Waals surface area contributed by atoms with Gasteiger partial charge in [0.05, 0.1) is 21.8 Å². The molecule has 7 nitrogen and oxygen atoms in total. The maximum Gasteiger partial charge on any atom is 0.270 e. The molecule has 20 heavy (non-hydrogen) atoms. The number of H-pyrrole nitrogens is 3. The number of hydrogen-bond acceptors (Lipinski definition) is 4. The third-order valence-corrected chi connectivity index (χ3v) is 3.18. The maximum absolute atomic E-state index is 11.9. The average Bonchev–Trinajstić information content (AvgIpc) is 2.40. The zero-order chi connectivity index (χ0) is 14.4. The Morgan fingerprint density at radius 1 is 0.950 bits per heavy atom. The van der Waals surface area contributed by atoms with Crippen molar-refractivity contribution in [1.29, 1.82) is 0 Å². The van der Waals surface area contributed by atoms with Gasteiger partial charge in [-0.15, -0.1) is 0 Å². The average molecular weight is 272 g/mol. The third-order valence-electron chi connectivity index (χ3n) is 3.18. The van der Waals surface area contributed by atoms with Gasteiger partial charge in [-0.1, -0.05) is 13.8 Å². The van der Waals surface area contributed by atoms with Gasteiger partial charge in [0.1, 0.15) is 5.69 Å². The molecule has 0 saturated carbocycles. The van der Waals surface area contributed by atoms with Crippen molar-refractivity contribution in [3.8, 4) is 0 Å². The lowest BCUT2D eigenvalue weighted by molar-refractivity contribution is 0.807. The molecule has 0 aliphatic carbocycles. The van der Waals surface area contributed by atoms with Gasteiger partial charge in [0.2, 0.25) is 0 Å². The molecule has 0 unspecified atom stereocenters. The van der Waals surface area contributed by atoms with E-state index in [4.69, 9.17) is 0 Å². The topological polar surface area (TPSA) is 111 Å². The van der Waals surface area contributed by atoms with Crippen molar-refractivity contribution in [3.63, 3.8) is 0 Å². The fourth-order valence-electron chi connectivity index (χ4n) is 2.16. The maximum atomic E-state index is 11.9. The minimum absolute atomic E-state index is 0.0312. The Hall–Kier alpha value is -2.70. The standard InChI is InChI=1S/C13H12N4O3/c1-5(2)10-13(20)15-9-4-7-6(3-8(9)14-10)11(18)16-17-12(7)19/h3-5H,1-2H3,(H,15,20)(H,16,18)(H,17,19). The van der Waals surface area contributed by atoms with Crippen LogP contribution in [0.2, 0.25) is 0 Å². The summed E-state index contributed by atoms with van der Waals surface area (Å²) in [6, 6.07) is 2.98. The van der Waals surface area contributed by atoms with Crippen molar-refractivity contribution >= 4 is 21.8 Å². The van der Waals surface area contributed by atoms with Crippen molar-refractivity contribution in [2.24, 2.45) is 0 Å². The second-order valence-corrected chi connectivity index (χ2v) is 4.93. The second kappa shape index (κ2) is 4.16. The van der Waals surface area contributed by atoms with Crippen molar-refractivity contribution in [2.45, 2.75) is 19.8 Å². The first-order chi connectivity index (χ1) is 9.47. The van der Waals surface area contributed by atoms with Crippen LogP contribution in [0.5, 0.6) is 0 Å². The highest BCUT2D eigenvalue weighted by molar-refractivity contribution is 5.93. The highest BCUT2D eigenvalue weighted by Crippen LogP contribution is 2.16. The molecule has 0 atom stereocenters. The van der Waals surface area contributed by atoms with Gasteiger partial charge in [0, 0.05) is 5.92 Å². The molecule has 2 aromatic heterocycles. The van der Waals surface area contributed by atoms with Gasteiger partial charge in [-0.3, -0.25) is 24.6 Å². The highest BCUT2D eigenvalue weighted by atomic mass is 16.1. The van der Waals surface area contributed by atoms with Crippen LogP contribution in [0.1, 0.15) is 25.5 Å². The van der Waals surface area contributed by atoms with E-state index in [0.717, 1.165) is 0 Å². The van der Waals surface area contributed by atoms with Crippen molar-refractivity contribution in [2.75, 3.05) is 0 Å². The summed E-state index contributed by atoms with van der Waals surface area (Å²) in [4.78, 5) is 42.3. The number of nitrogens with one attached hydrogen (secondary N) is 3. The number of fused-ring (bicyclic) bond motifs is 2. The summed E-state index contributed by atoms with van der Waals surface area (Å²) in [5, 5.41) is 4.97. The van der Waals surface area contributed by atoms with E-state index < -0.39 is 11.1 Å². The van der Waals surface area contributed by atoms with Crippen LogP contribution >= 0.6 is 0 Å². The molecule has 0 aliphatic rings. The first-order valence-corrected chi connectivity index (χ1v) is 6.16. The van der Waals surface area contributed by atoms with Gasteiger partial charge in [-0.25, -0.2) is 4.98 Å². The fourth-order valence-corrected chi connectivity index (χ4v) is 2.16. The normalized spacial score (nSPS) is 11.6. The Morgan fingerprint density at radius 3 is 2.15 bits per heavy atom. The number of aromatic amines is 3. The molecule has 3 N–H and O–H groups in total. The summed E-state index contributed by atoms with van der Waals surface area (Å²) in [6.45, 7) is 3.73. The molecule has 102 valence electrons. The van der Waals surface area contributed by atoms with Crippen LogP contribution < -0.4 is 16.7 Å². The third kappa shape index (κ3) is 1.75. The highest BCUT2D eigenvalue weighted by Gasteiger charge is 2.11. The minimum Gasteiger partial charge on any atom is -0.319 e. The molecule has 2 heterocycles. The molecule has 0 aliphatic heterocycles. The Morgan fingerprint density at radius 2 is 1.55 bits per heavy atom. The van der Waals surface area contributed by atoms with E-state index in [9.17, 15) is 14.4 Å². The van der Waals surface area contributed by atoms with Crippen LogP contribution in [0.15, 0.2) is 26.5 Å². The quantitative estimate of drug-likeness (QED) is 0.562. The van der Waals surface area contributed by atoms with Crippen LogP contribution in [-0.4, -0.2) is 20.2 Å². The van der Waals surface area contributed by atoms with E-state index in [1.165, 1.54) is 12.1 Å². The van der Waals surface area contributed by atoms with Crippen LogP contribution in [0.4, 0.5) is 0 Å². The van der Waals surface area contributed by atoms with Crippen LogP contribution in [0.3, 0.4) is 0 Å². The summed E-state index contributed by atoms with van der Waals surface area (Å²) in [6.07, 6.45) is 0. The van der Waals surface area contributed by atoms with Crippen molar-refractivity contribution in [3.05, 3.63) is 48.9 Å². The smallest absolute Gasteiger partial charge is 0.270 e. The molecule has 0 amide bonds. The molecular weight excluding hydrogens is 260 g/mol. The first-order valence-electron chi connectivity index (χ1n) is 6.16. The van der Waals surface area contributed by atoms with Crippen LogP contribution in [0.25, 0.3) is 21.8 Å². The Balaban J connectivity index is 2.52. The van der Waals surface area contributed by atoms with Gasteiger partial charge in [0.25, 0.3) is 16.7 Å². The lowest BCUT2D eigenvalue weighted by atomic mass is 10.1. The summed E-state index contributed by atoms with van der Waals surface area (Å²) in [5.74, 6) is -0.0312. The van der Waals surface area contributed by atoms with Gasteiger partial charge >= 0.3 is 0 Å². The number of benzene rings is 1. The van der Waals surface area contributed by atoms with Crippen molar-refractivity contribution < 1.29 is 0 Å². The number of rotatable bonds is 1. The molecule has 3 aromatic rings. The molecule has 0 saturated heterocycles. The van der Waals surface area contributed by atoms with Gasteiger partial charge in [-0.05, 0) is 12.1 Å². The summed E-state index contributed by atoms with van der Waals surface area (Å²) in [5.41, 5.74) is 0.210. The van der Waals surface area contributed by atoms with Crippen LogP contribution in [-0.2, 0) is 0 Å². The molecule has 0 fully saturated rings. The first kappa shape index (κ1) is 12.3. The molecular formula is C13H12N4O3. The number of nitrogens with zero attached hydrogens (tertiary/aromatic N) is 1.